The highest BCUT2D eigenvalue weighted by Crippen LogP contribution is 2.41. The minimum absolute atomic E-state index is 0.0372. The van der Waals surface area contributed by atoms with Crippen molar-refractivity contribution in [2.45, 2.75) is 52.3 Å². The summed E-state index contributed by atoms with van der Waals surface area (Å²) in [6.07, 6.45) is 1.47. The molecule has 2 atom stereocenters. The van der Waals surface area contributed by atoms with Crippen LogP contribution in [0.25, 0.3) is 5.76 Å². The van der Waals surface area contributed by atoms with Gasteiger partial charge in [0.05, 0.1) is 23.8 Å². The third kappa shape index (κ3) is 5.17. The molecule has 7 nitrogen and oxygen atoms in total. The summed E-state index contributed by atoms with van der Waals surface area (Å²) in [6.45, 7) is 6.31. The minimum Gasteiger partial charge on any atom is -0.507 e. The molecule has 3 aromatic carbocycles. The van der Waals surface area contributed by atoms with E-state index in [-0.39, 0.29) is 24.0 Å². The quantitative estimate of drug-likeness (QED) is 0.189. The molecule has 39 heavy (non-hydrogen) atoms. The van der Waals surface area contributed by atoms with E-state index in [2.05, 4.69) is 0 Å². The highest BCUT2D eigenvalue weighted by atomic mass is 16.5. The van der Waals surface area contributed by atoms with Crippen molar-refractivity contribution in [3.8, 4) is 5.75 Å². The molecule has 7 heteroatoms. The van der Waals surface area contributed by atoms with Gasteiger partial charge in [-0.2, -0.15) is 0 Å². The number of aliphatic hydroxyl groups excluding tert-OH is 1. The van der Waals surface area contributed by atoms with Crippen LogP contribution in [0.15, 0.2) is 72.3 Å². The minimum atomic E-state index is -0.775. The van der Waals surface area contributed by atoms with Crippen molar-refractivity contribution in [2.75, 3.05) is 6.61 Å². The second-order valence-electron chi connectivity index (χ2n) is 10.1. The van der Waals surface area contributed by atoms with Gasteiger partial charge in [0.1, 0.15) is 17.6 Å². The van der Waals surface area contributed by atoms with Gasteiger partial charge < -0.3 is 19.5 Å². The van der Waals surface area contributed by atoms with Gasteiger partial charge in [0.25, 0.3) is 11.7 Å². The zero-order valence-electron chi connectivity index (χ0n) is 22.3. The number of carbonyl (C=O) groups is 3. The summed E-state index contributed by atoms with van der Waals surface area (Å²) < 4.78 is 11.0. The maximum Gasteiger partial charge on any atom is 0.338 e. The monoisotopic (exact) mass is 525 g/mol. The largest absolute Gasteiger partial charge is 0.507 e. The van der Waals surface area contributed by atoms with Gasteiger partial charge in [-0.15, -0.1) is 0 Å². The first-order chi connectivity index (χ1) is 18.8. The number of rotatable bonds is 7. The summed E-state index contributed by atoms with van der Waals surface area (Å²) >= 11 is 0. The summed E-state index contributed by atoms with van der Waals surface area (Å²) in [4.78, 5) is 40.5. The molecule has 0 radical (unpaired) electrons. The van der Waals surface area contributed by atoms with Gasteiger partial charge in [0.15, 0.2) is 0 Å². The van der Waals surface area contributed by atoms with Crippen molar-refractivity contribution in [2.24, 2.45) is 0 Å². The molecule has 2 aliphatic heterocycles. The predicted octanol–water partition coefficient (Wildman–Crippen LogP) is 5.51. The van der Waals surface area contributed by atoms with E-state index < -0.39 is 23.7 Å². The van der Waals surface area contributed by atoms with Crippen LogP contribution in [0.1, 0.15) is 64.5 Å². The van der Waals surface area contributed by atoms with Gasteiger partial charge in [-0.3, -0.25) is 9.59 Å². The lowest BCUT2D eigenvalue weighted by molar-refractivity contribution is -0.140. The summed E-state index contributed by atoms with van der Waals surface area (Å²) in [5, 5.41) is 11.4. The number of hydrogen-bond donors (Lipinski definition) is 1. The number of amides is 1. The number of hydrogen-bond acceptors (Lipinski definition) is 6. The van der Waals surface area contributed by atoms with Crippen LogP contribution in [0.4, 0.5) is 0 Å². The van der Waals surface area contributed by atoms with Gasteiger partial charge in [-0.1, -0.05) is 48.9 Å². The lowest BCUT2D eigenvalue weighted by Crippen LogP contribution is -2.29. The predicted molar refractivity (Wildman–Crippen MR) is 146 cm³/mol. The van der Waals surface area contributed by atoms with Crippen LogP contribution in [0, 0.1) is 6.92 Å². The van der Waals surface area contributed by atoms with E-state index >= 15 is 0 Å². The zero-order chi connectivity index (χ0) is 27.7. The number of aryl methyl sites for hydroxylation is 1. The van der Waals surface area contributed by atoms with Gasteiger partial charge in [-0.05, 0) is 67.3 Å². The second kappa shape index (κ2) is 10.8. The number of likely N-dealkylation sites (tertiary alicyclic amines) is 1. The second-order valence-corrected chi connectivity index (χ2v) is 10.1. The Kier molecular flexibility index (Phi) is 7.24. The molecule has 0 spiro atoms. The highest BCUT2D eigenvalue weighted by Gasteiger charge is 2.46. The van der Waals surface area contributed by atoms with Crippen LogP contribution in [-0.2, 0) is 27.3 Å². The van der Waals surface area contributed by atoms with Crippen molar-refractivity contribution in [3.05, 3.63) is 106 Å². The molecule has 3 aromatic rings. The molecule has 1 amide bonds. The van der Waals surface area contributed by atoms with Crippen LogP contribution in [0.5, 0.6) is 5.75 Å². The Morgan fingerprint density at radius 1 is 1.05 bits per heavy atom. The number of fused-ring (bicyclic) bond motifs is 1. The molecule has 5 rings (SSSR count). The Hall–Kier alpha value is -4.39. The first-order valence-corrected chi connectivity index (χ1v) is 13.2. The molecule has 0 saturated carbocycles. The van der Waals surface area contributed by atoms with Gasteiger partial charge >= 0.3 is 5.97 Å². The number of Topliss-reactive ketones (excluding diaryl/α,β-unsaturated/α-hetero) is 1. The number of nitrogens with zero attached hydrogens (tertiary/aromatic N) is 1. The Morgan fingerprint density at radius 2 is 1.79 bits per heavy atom. The molecule has 0 aliphatic carbocycles. The van der Waals surface area contributed by atoms with Crippen molar-refractivity contribution in [3.63, 3.8) is 0 Å². The van der Waals surface area contributed by atoms with E-state index in [1.807, 2.05) is 51.1 Å². The first-order valence-electron chi connectivity index (χ1n) is 13.2. The highest BCUT2D eigenvalue weighted by molar-refractivity contribution is 6.46. The molecule has 0 bridgehead atoms. The van der Waals surface area contributed by atoms with E-state index in [0.717, 1.165) is 34.4 Å². The smallest absolute Gasteiger partial charge is 0.338 e. The third-order valence-corrected chi connectivity index (χ3v) is 7.05. The fourth-order valence-corrected chi connectivity index (χ4v) is 5.18. The Bertz CT molecular complexity index is 1470. The molecule has 2 aliphatic rings. The number of ketones is 1. The van der Waals surface area contributed by atoms with Crippen LogP contribution in [0.3, 0.4) is 0 Å². The van der Waals surface area contributed by atoms with E-state index in [9.17, 15) is 19.5 Å². The summed E-state index contributed by atoms with van der Waals surface area (Å²) in [7, 11) is 0. The molecule has 200 valence electrons. The first kappa shape index (κ1) is 26.2. The standard InChI is InChI=1S/C32H31NO6/c1-4-14-38-32(37)22-10-8-21(9-11-22)18-33-28(23-7-5-6-19(2)15-23)27(30(35)31(33)36)29(34)24-12-13-26-25(17-24)16-20(3)39-26/h5-13,15,17,20,28,34H,4,14,16,18H2,1-3H3/b29-27-. The summed E-state index contributed by atoms with van der Waals surface area (Å²) in [5.74, 6) is -1.27. The number of aliphatic hydroxyl groups is 1. The van der Waals surface area contributed by atoms with Gasteiger partial charge in [0, 0.05) is 18.5 Å². The van der Waals surface area contributed by atoms with Crippen molar-refractivity contribution >= 4 is 23.4 Å². The third-order valence-electron chi connectivity index (χ3n) is 7.05. The number of carbonyl (C=O) groups excluding carboxylic acids is 3. The number of ether oxygens (including phenoxy) is 2. The summed E-state index contributed by atoms with van der Waals surface area (Å²) in [6, 6.07) is 18.9. The molecule has 2 heterocycles. The molecule has 0 aromatic heterocycles. The summed E-state index contributed by atoms with van der Waals surface area (Å²) in [5.41, 5.74) is 4.33. The Morgan fingerprint density at radius 3 is 2.51 bits per heavy atom. The van der Waals surface area contributed by atoms with E-state index in [0.29, 0.717) is 24.2 Å². The van der Waals surface area contributed by atoms with Crippen molar-refractivity contribution in [1.82, 2.24) is 4.90 Å². The van der Waals surface area contributed by atoms with E-state index in [1.54, 1.807) is 36.4 Å². The average molecular weight is 526 g/mol. The van der Waals surface area contributed by atoms with Gasteiger partial charge in [0.2, 0.25) is 0 Å². The van der Waals surface area contributed by atoms with Crippen LogP contribution >= 0.6 is 0 Å². The average Bonchev–Trinajstić information content (AvgIpc) is 3.42. The zero-order valence-corrected chi connectivity index (χ0v) is 22.3. The topological polar surface area (TPSA) is 93.1 Å². The maximum absolute atomic E-state index is 13.4. The maximum atomic E-state index is 13.4. The number of esters is 1. The van der Waals surface area contributed by atoms with Crippen molar-refractivity contribution < 1.29 is 29.0 Å². The molecule has 1 fully saturated rings. The Balaban J connectivity index is 1.52. The van der Waals surface area contributed by atoms with Crippen LogP contribution in [0.2, 0.25) is 0 Å². The molecule has 1 saturated heterocycles. The lowest BCUT2D eigenvalue weighted by Gasteiger charge is -2.26. The molecule has 2 unspecified atom stereocenters. The molecular weight excluding hydrogens is 494 g/mol. The Labute approximate surface area is 227 Å². The SMILES string of the molecule is CCCOC(=O)c1ccc(CN2C(=O)C(=O)/C(=C(\O)c3ccc4c(c3)CC(C)O4)C2c2cccc(C)c2)cc1. The molecule has 1 N–H and O–H groups in total. The van der Waals surface area contributed by atoms with E-state index in [1.165, 1.54) is 4.90 Å². The van der Waals surface area contributed by atoms with Crippen molar-refractivity contribution in [1.29, 1.82) is 0 Å². The van der Waals surface area contributed by atoms with Crippen LogP contribution in [-0.4, -0.2) is 40.4 Å². The fraction of sp³-hybridized carbons (Fsp3) is 0.281. The van der Waals surface area contributed by atoms with Crippen LogP contribution < -0.4 is 4.74 Å². The lowest BCUT2D eigenvalue weighted by atomic mass is 9.93. The van der Waals surface area contributed by atoms with Gasteiger partial charge in [-0.25, -0.2) is 4.79 Å². The number of benzene rings is 3. The normalized spacial score (nSPS) is 19.6. The fourth-order valence-electron chi connectivity index (χ4n) is 5.18. The molecular formula is C32H31NO6. The van der Waals surface area contributed by atoms with E-state index in [4.69, 9.17) is 9.47 Å².